The van der Waals surface area contributed by atoms with Crippen molar-refractivity contribution in [3.63, 3.8) is 0 Å². The Bertz CT molecular complexity index is 873. The molecule has 2 N–H and O–H groups in total. The number of sulfonamides is 1. The van der Waals surface area contributed by atoms with Gasteiger partial charge >= 0.3 is 0 Å². The second kappa shape index (κ2) is 8.33. The second-order valence-electron chi connectivity index (χ2n) is 5.77. The van der Waals surface area contributed by atoms with Crippen LogP contribution in [0.1, 0.15) is 36.7 Å². The van der Waals surface area contributed by atoms with Crippen molar-refractivity contribution in [2.75, 3.05) is 18.4 Å². The number of carbonyl (C=O) groups is 1. The molecule has 0 saturated heterocycles. The molecule has 1 amide bonds. The summed E-state index contributed by atoms with van der Waals surface area (Å²) in [7, 11) is -3.68. The number of phenols is 1. The van der Waals surface area contributed by atoms with E-state index in [9.17, 15) is 18.3 Å². The average molecular weight is 376 g/mol. The highest BCUT2D eigenvalue weighted by atomic mass is 32.2. The van der Waals surface area contributed by atoms with Gasteiger partial charge in [-0.1, -0.05) is 32.9 Å². The number of benzene rings is 2. The quantitative estimate of drug-likeness (QED) is 0.726. The Hall–Kier alpha value is -2.38. The summed E-state index contributed by atoms with van der Waals surface area (Å²) in [5, 5.41) is 12.6. The number of phenolic OH excluding ortho intramolecular Hbond substituents is 1. The maximum atomic E-state index is 12.6. The molecule has 0 aliphatic heterocycles. The van der Waals surface area contributed by atoms with E-state index in [0.717, 1.165) is 12.0 Å². The lowest BCUT2D eigenvalue weighted by molar-refractivity contribution is 0.102. The number of aromatic hydroxyl groups is 1. The van der Waals surface area contributed by atoms with Gasteiger partial charge in [-0.15, -0.1) is 0 Å². The lowest BCUT2D eigenvalue weighted by Crippen LogP contribution is -2.30. The Balaban J connectivity index is 2.31. The van der Waals surface area contributed by atoms with Crippen LogP contribution in [0.5, 0.6) is 5.75 Å². The van der Waals surface area contributed by atoms with Gasteiger partial charge in [-0.05, 0) is 42.3 Å². The third kappa shape index (κ3) is 4.23. The summed E-state index contributed by atoms with van der Waals surface area (Å²) < 4.78 is 26.5. The van der Waals surface area contributed by atoms with Crippen molar-refractivity contribution in [2.24, 2.45) is 0 Å². The summed E-state index contributed by atoms with van der Waals surface area (Å²) in [4.78, 5) is 12.4. The van der Waals surface area contributed by atoms with Gasteiger partial charge in [0.1, 0.15) is 5.75 Å². The fourth-order valence-corrected chi connectivity index (χ4v) is 4.06. The highest BCUT2D eigenvalue weighted by Crippen LogP contribution is 2.28. The van der Waals surface area contributed by atoms with Crippen molar-refractivity contribution in [1.82, 2.24) is 4.31 Å². The highest BCUT2D eigenvalue weighted by molar-refractivity contribution is 7.89. The molecule has 0 radical (unpaired) electrons. The van der Waals surface area contributed by atoms with Gasteiger partial charge in [-0.3, -0.25) is 4.79 Å². The fraction of sp³-hybridized carbons (Fsp3) is 0.316. The lowest BCUT2D eigenvalue weighted by atomic mass is 10.1. The van der Waals surface area contributed by atoms with E-state index in [-0.39, 0.29) is 16.3 Å². The minimum Gasteiger partial charge on any atom is -0.506 e. The third-order valence-electron chi connectivity index (χ3n) is 4.18. The molecule has 0 unspecified atom stereocenters. The molecular weight excluding hydrogens is 352 g/mol. The van der Waals surface area contributed by atoms with E-state index in [1.807, 2.05) is 19.1 Å². The molecule has 0 aromatic heterocycles. The minimum atomic E-state index is -3.68. The maximum Gasteiger partial charge on any atom is 0.255 e. The van der Waals surface area contributed by atoms with E-state index in [0.29, 0.717) is 18.7 Å². The zero-order valence-electron chi connectivity index (χ0n) is 15.2. The van der Waals surface area contributed by atoms with Gasteiger partial charge in [0.15, 0.2) is 0 Å². The molecule has 0 bridgehead atoms. The Morgan fingerprint density at radius 3 is 2.19 bits per heavy atom. The van der Waals surface area contributed by atoms with Gasteiger partial charge in [0.2, 0.25) is 10.0 Å². The number of hydrogen-bond acceptors (Lipinski definition) is 4. The van der Waals surface area contributed by atoms with Crippen molar-refractivity contribution in [3.8, 4) is 5.75 Å². The van der Waals surface area contributed by atoms with Crippen LogP contribution in [-0.4, -0.2) is 36.8 Å². The van der Waals surface area contributed by atoms with Crippen LogP contribution in [0.25, 0.3) is 0 Å². The first-order valence-electron chi connectivity index (χ1n) is 8.56. The summed E-state index contributed by atoms with van der Waals surface area (Å²) in [6.45, 7) is 6.21. The first-order chi connectivity index (χ1) is 12.3. The Labute approximate surface area is 154 Å². The number of nitrogens with zero attached hydrogens (tertiary/aromatic N) is 1. The summed E-state index contributed by atoms with van der Waals surface area (Å²) in [5.41, 5.74) is 1.60. The number of amides is 1. The number of nitrogens with one attached hydrogen (secondary N) is 1. The molecule has 0 saturated carbocycles. The van der Waals surface area contributed by atoms with Crippen LogP contribution in [0.2, 0.25) is 0 Å². The Morgan fingerprint density at radius 2 is 1.65 bits per heavy atom. The van der Waals surface area contributed by atoms with Gasteiger partial charge in [0, 0.05) is 18.7 Å². The SMILES string of the molecule is CCc1ccc(C(=O)Nc2cc(S(=O)(=O)N(CC)CC)ccc2O)cc1. The minimum absolute atomic E-state index is 0.0237. The molecule has 140 valence electrons. The second-order valence-corrected chi connectivity index (χ2v) is 7.71. The molecule has 0 heterocycles. The zero-order chi connectivity index (χ0) is 19.3. The van der Waals surface area contributed by atoms with Gasteiger partial charge in [0.05, 0.1) is 10.6 Å². The normalized spacial score (nSPS) is 11.5. The molecular formula is C19H24N2O4S. The molecule has 0 atom stereocenters. The smallest absolute Gasteiger partial charge is 0.255 e. The van der Waals surface area contributed by atoms with Crippen LogP contribution in [0.15, 0.2) is 47.4 Å². The molecule has 2 aromatic rings. The Kier molecular flexibility index (Phi) is 6.39. The highest BCUT2D eigenvalue weighted by Gasteiger charge is 2.23. The van der Waals surface area contributed by atoms with E-state index in [4.69, 9.17) is 0 Å². The molecule has 2 aromatic carbocycles. The molecule has 0 spiro atoms. The number of carbonyl (C=O) groups excluding carboxylic acids is 1. The summed E-state index contributed by atoms with van der Waals surface area (Å²) in [6, 6.07) is 11.0. The molecule has 6 nitrogen and oxygen atoms in total. The maximum absolute atomic E-state index is 12.6. The van der Waals surface area contributed by atoms with Crippen LogP contribution in [0.4, 0.5) is 5.69 Å². The number of hydrogen-bond donors (Lipinski definition) is 2. The molecule has 2 rings (SSSR count). The van der Waals surface area contributed by atoms with Gasteiger partial charge < -0.3 is 10.4 Å². The molecule has 0 fully saturated rings. The number of aryl methyl sites for hydroxylation is 1. The monoisotopic (exact) mass is 376 g/mol. The topological polar surface area (TPSA) is 86.7 Å². The van der Waals surface area contributed by atoms with Crippen LogP contribution in [0.3, 0.4) is 0 Å². The lowest BCUT2D eigenvalue weighted by Gasteiger charge is -2.19. The van der Waals surface area contributed by atoms with Gasteiger partial charge in [-0.2, -0.15) is 4.31 Å². The predicted molar refractivity (Wildman–Crippen MR) is 102 cm³/mol. The largest absolute Gasteiger partial charge is 0.506 e. The van der Waals surface area contributed by atoms with Crippen LogP contribution < -0.4 is 5.32 Å². The van der Waals surface area contributed by atoms with Crippen molar-refractivity contribution in [3.05, 3.63) is 53.6 Å². The van der Waals surface area contributed by atoms with Crippen molar-refractivity contribution >= 4 is 21.6 Å². The van der Waals surface area contributed by atoms with E-state index < -0.39 is 15.9 Å². The van der Waals surface area contributed by atoms with E-state index in [1.54, 1.807) is 26.0 Å². The average Bonchev–Trinajstić information content (AvgIpc) is 2.64. The summed E-state index contributed by atoms with van der Waals surface area (Å²) in [6.07, 6.45) is 0.869. The first kappa shape index (κ1) is 19.9. The molecule has 7 heteroatoms. The van der Waals surface area contributed by atoms with E-state index >= 15 is 0 Å². The van der Waals surface area contributed by atoms with Crippen molar-refractivity contribution < 1.29 is 18.3 Å². The van der Waals surface area contributed by atoms with Crippen molar-refractivity contribution in [2.45, 2.75) is 32.1 Å². The molecule has 26 heavy (non-hydrogen) atoms. The zero-order valence-corrected chi connectivity index (χ0v) is 16.0. The first-order valence-corrected chi connectivity index (χ1v) is 10.0. The predicted octanol–water partition coefficient (Wildman–Crippen LogP) is 3.24. The van der Waals surface area contributed by atoms with Crippen LogP contribution in [-0.2, 0) is 16.4 Å². The number of anilines is 1. The van der Waals surface area contributed by atoms with Crippen molar-refractivity contribution in [1.29, 1.82) is 0 Å². The standard InChI is InChI=1S/C19H24N2O4S/c1-4-14-7-9-15(10-8-14)19(23)20-17-13-16(11-12-18(17)22)26(24,25)21(5-2)6-3/h7-13,22H,4-6H2,1-3H3,(H,20,23). The van der Waals surface area contributed by atoms with Crippen LogP contribution in [0, 0.1) is 0 Å². The van der Waals surface area contributed by atoms with E-state index in [1.165, 1.54) is 22.5 Å². The van der Waals surface area contributed by atoms with Gasteiger partial charge in [-0.25, -0.2) is 8.42 Å². The Morgan fingerprint density at radius 1 is 1.04 bits per heavy atom. The number of rotatable bonds is 7. The van der Waals surface area contributed by atoms with Gasteiger partial charge in [0.25, 0.3) is 5.91 Å². The van der Waals surface area contributed by atoms with Crippen LogP contribution >= 0.6 is 0 Å². The third-order valence-corrected chi connectivity index (χ3v) is 6.23. The summed E-state index contributed by atoms with van der Waals surface area (Å²) >= 11 is 0. The molecule has 0 aliphatic carbocycles. The molecule has 0 aliphatic rings. The fourth-order valence-electron chi connectivity index (χ4n) is 2.57. The summed E-state index contributed by atoms with van der Waals surface area (Å²) in [5.74, 6) is -0.609. The van der Waals surface area contributed by atoms with E-state index in [2.05, 4.69) is 5.32 Å².